The Balaban J connectivity index is 2.53. The molecule has 0 radical (unpaired) electrons. The highest BCUT2D eigenvalue weighted by molar-refractivity contribution is 4.92. The van der Waals surface area contributed by atoms with Crippen LogP contribution in [0, 0.1) is 29.1 Å². The summed E-state index contributed by atoms with van der Waals surface area (Å²) < 4.78 is 0. The van der Waals surface area contributed by atoms with Crippen molar-refractivity contribution < 1.29 is 0 Å². The fourth-order valence-electron chi connectivity index (χ4n) is 2.30. The maximum Gasteiger partial charge on any atom is 0.0658 e. The molecule has 0 N–H and O–H groups in total. The van der Waals surface area contributed by atoms with Gasteiger partial charge in [0.2, 0.25) is 0 Å². The lowest BCUT2D eigenvalue weighted by atomic mass is 9.73. The molecule has 0 aromatic carbocycles. The molecule has 1 heteroatoms. The van der Waals surface area contributed by atoms with Crippen LogP contribution in [-0.4, -0.2) is 0 Å². The highest BCUT2D eigenvalue weighted by Gasteiger charge is 2.28. The Morgan fingerprint density at radius 3 is 2.67 bits per heavy atom. The Morgan fingerprint density at radius 2 is 2.08 bits per heavy atom. The molecule has 1 saturated carbocycles. The lowest BCUT2D eigenvalue weighted by Gasteiger charge is -2.31. The van der Waals surface area contributed by atoms with E-state index in [2.05, 4.69) is 19.9 Å². The maximum absolute atomic E-state index is 8.96. The van der Waals surface area contributed by atoms with Crippen molar-refractivity contribution in [2.24, 2.45) is 17.8 Å². The fraction of sp³-hybridized carbons (Fsp3) is 0.909. The van der Waals surface area contributed by atoms with Gasteiger partial charge in [-0.2, -0.15) is 5.26 Å². The van der Waals surface area contributed by atoms with E-state index >= 15 is 0 Å². The van der Waals surface area contributed by atoms with E-state index in [1.165, 1.54) is 25.7 Å². The molecule has 0 heterocycles. The topological polar surface area (TPSA) is 23.8 Å². The third kappa shape index (κ3) is 2.00. The fourth-order valence-corrected chi connectivity index (χ4v) is 2.30. The largest absolute Gasteiger partial charge is 0.198 e. The number of nitriles is 1. The van der Waals surface area contributed by atoms with Crippen molar-refractivity contribution in [3.63, 3.8) is 0 Å². The highest BCUT2D eigenvalue weighted by atomic mass is 14.4. The molecule has 68 valence electrons. The van der Waals surface area contributed by atoms with Gasteiger partial charge in [0.05, 0.1) is 6.07 Å². The molecule has 0 saturated heterocycles. The third-order valence-corrected chi connectivity index (χ3v) is 3.36. The van der Waals surface area contributed by atoms with Crippen LogP contribution in [0.4, 0.5) is 0 Å². The van der Waals surface area contributed by atoms with E-state index < -0.39 is 0 Å². The van der Waals surface area contributed by atoms with E-state index in [1.807, 2.05) is 0 Å². The van der Waals surface area contributed by atoms with Gasteiger partial charge in [-0.25, -0.2) is 0 Å². The van der Waals surface area contributed by atoms with E-state index in [1.54, 1.807) is 0 Å². The Hall–Kier alpha value is -0.510. The summed E-state index contributed by atoms with van der Waals surface area (Å²) >= 11 is 0. The van der Waals surface area contributed by atoms with Gasteiger partial charge in [-0.3, -0.25) is 0 Å². The van der Waals surface area contributed by atoms with Gasteiger partial charge in [0.1, 0.15) is 0 Å². The molecular weight excluding hydrogens is 146 g/mol. The first-order chi connectivity index (χ1) is 5.79. The van der Waals surface area contributed by atoms with Crippen molar-refractivity contribution in [1.82, 2.24) is 0 Å². The average Bonchev–Trinajstić information content (AvgIpc) is 2.16. The second-order valence-electron chi connectivity index (χ2n) is 4.07. The van der Waals surface area contributed by atoms with Crippen LogP contribution in [0.5, 0.6) is 0 Å². The molecule has 3 unspecified atom stereocenters. The van der Waals surface area contributed by atoms with Gasteiger partial charge < -0.3 is 0 Å². The van der Waals surface area contributed by atoms with E-state index in [4.69, 9.17) is 5.26 Å². The molecule has 12 heavy (non-hydrogen) atoms. The molecule has 0 spiro atoms. The molecule has 0 aromatic heterocycles. The first-order valence-corrected chi connectivity index (χ1v) is 5.19. The number of rotatable bonds is 2. The number of hydrogen-bond acceptors (Lipinski definition) is 1. The molecule has 3 atom stereocenters. The van der Waals surface area contributed by atoms with Gasteiger partial charge in [0.15, 0.2) is 0 Å². The quantitative estimate of drug-likeness (QED) is 0.615. The van der Waals surface area contributed by atoms with Gasteiger partial charge in [0, 0.05) is 5.92 Å². The highest BCUT2D eigenvalue weighted by Crippen LogP contribution is 2.35. The minimum absolute atomic E-state index is 0.355. The molecule has 1 aliphatic rings. The van der Waals surface area contributed by atoms with Crippen LogP contribution in [0.15, 0.2) is 0 Å². The van der Waals surface area contributed by atoms with Crippen molar-refractivity contribution in [3.8, 4) is 6.07 Å². The normalized spacial score (nSPS) is 32.4. The van der Waals surface area contributed by atoms with Gasteiger partial charge >= 0.3 is 0 Å². The summed E-state index contributed by atoms with van der Waals surface area (Å²) in [7, 11) is 0. The van der Waals surface area contributed by atoms with E-state index in [9.17, 15) is 0 Å². The Bertz CT molecular complexity index is 168. The predicted octanol–water partition coefficient (Wildman–Crippen LogP) is 3.36. The first kappa shape index (κ1) is 9.58. The summed E-state index contributed by atoms with van der Waals surface area (Å²) in [5, 5.41) is 8.96. The SMILES string of the molecule is CCC(C)C1CCCCC1C#N. The Labute approximate surface area is 75.8 Å². The molecule has 0 aliphatic heterocycles. The van der Waals surface area contributed by atoms with Gasteiger partial charge in [0.25, 0.3) is 0 Å². The zero-order valence-electron chi connectivity index (χ0n) is 8.21. The molecule has 0 aromatic rings. The smallest absolute Gasteiger partial charge is 0.0658 e. The van der Waals surface area contributed by atoms with Crippen molar-refractivity contribution >= 4 is 0 Å². The molecule has 1 aliphatic carbocycles. The monoisotopic (exact) mass is 165 g/mol. The third-order valence-electron chi connectivity index (χ3n) is 3.36. The van der Waals surface area contributed by atoms with Crippen LogP contribution in [0.25, 0.3) is 0 Å². The lowest BCUT2D eigenvalue weighted by molar-refractivity contribution is 0.207. The zero-order valence-corrected chi connectivity index (χ0v) is 8.21. The molecule has 1 fully saturated rings. The van der Waals surface area contributed by atoms with E-state index in [-0.39, 0.29) is 0 Å². The van der Waals surface area contributed by atoms with Gasteiger partial charge in [-0.15, -0.1) is 0 Å². The number of nitrogens with zero attached hydrogens (tertiary/aromatic N) is 1. The molecule has 1 rings (SSSR count). The summed E-state index contributed by atoms with van der Waals surface area (Å²) in [4.78, 5) is 0. The minimum atomic E-state index is 0.355. The lowest BCUT2D eigenvalue weighted by Crippen LogP contribution is -2.23. The van der Waals surface area contributed by atoms with Crippen molar-refractivity contribution in [3.05, 3.63) is 0 Å². The maximum atomic E-state index is 8.96. The second-order valence-corrected chi connectivity index (χ2v) is 4.07. The van der Waals surface area contributed by atoms with Crippen LogP contribution in [0.1, 0.15) is 46.0 Å². The van der Waals surface area contributed by atoms with Crippen LogP contribution in [0.2, 0.25) is 0 Å². The zero-order chi connectivity index (χ0) is 8.97. The standard InChI is InChI=1S/C11H19N/c1-3-9(2)11-7-5-4-6-10(11)8-12/h9-11H,3-7H2,1-2H3. The van der Waals surface area contributed by atoms with Crippen LogP contribution < -0.4 is 0 Å². The molecule has 0 amide bonds. The molecule has 0 bridgehead atoms. The van der Waals surface area contributed by atoms with Crippen LogP contribution >= 0.6 is 0 Å². The molecule has 1 nitrogen and oxygen atoms in total. The molecular formula is C11H19N. The average molecular weight is 165 g/mol. The van der Waals surface area contributed by atoms with Crippen molar-refractivity contribution in [1.29, 1.82) is 5.26 Å². The van der Waals surface area contributed by atoms with E-state index in [0.717, 1.165) is 12.3 Å². The van der Waals surface area contributed by atoms with Crippen molar-refractivity contribution in [2.45, 2.75) is 46.0 Å². The Morgan fingerprint density at radius 1 is 1.42 bits per heavy atom. The predicted molar refractivity (Wildman–Crippen MR) is 50.5 cm³/mol. The first-order valence-electron chi connectivity index (χ1n) is 5.19. The summed E-state index contributed by atoms with van der Waals surface area (Å²) in [6, 6.07) is 2.47. The van der Waals surface area contributed by atoms with Gasteiger partial charge in [-0.1, -0.05) is 33.1 Å². The summed E-state index contributed by atoms with van der Waals surface area (Å²) in [6.07, 6.45) is 6.26. The van der Waals surface area contributed by atoms with Crippen LogP contribution in [0.3, 0.4) is 0 Å². The summed E-state index contributed by atoms with van der Waals surface area (Å²) in [5.74, 6) is 1.79. The van der Waals surface area contributed by atoms with E-state index in [0.29, 0.717) is 11.8 Å². The Kier molecular flexibility index (Phi) is 3.59. The summed E-state index contributed by atoms with van der Waals surface area (Å²) in [6.45, 7) is 4.52. The minimum Gasteiger partial charge on any atom is -0.198 e. The van der Waals surface area contributed by atoms with Gasteiger partial charge in [-0.05, 0) is 24.7 Å². The number of hydrogen-bond donors (Lipinski definition) is 0. The van der Waals surface area contributed by atoms with Crippen molar-refractivity contribution in [2.75, 3.05) is 0 Å². The summed E-state index contributed by atoms with van der Waals surface area (Å²) in [5.41, 5.74) is 0. The second kappa shape index (κ2) is 4.50. The van der Waals surface area contributed by atoms with Crippen LogP contribution in [-0.2, 0) is 0 Å².